The van der Waals surface area contributed by atoms with Crippen LogP contribution in [0, 0.1) is 11.6 Å². The fourth-order valence-corrected chi connectivity index (χ4v) is 1.62. The van der Waals surface area contributed by atoms with Crippen LogP contribution in [0.25, 0.3) is 0 Å². The van der Waals surface area contributed by atoms with Gasteiger partial charge in [-0.15, -0.1) is 0 Å². The lowest BCUT2D eigenvalue weighted by Crippen LogP contribution is -2.04. The third kappa shape index (κ3) is 3.37. The molecule has 2 aromatic rings. The summed E-state index contributed by atoms with van der Waals surface area (Å²) >= 11 is 0. The number of nitrogens with zero attached hydrogens (tertiary/aromatic N) is 1. The van der Waals surface area contributed by atoms with Crippen LogP contribution in [0.15, 0.2) is 53.7 Å². The average Bonchev–Trinajstić information content (AvgIpc) is 2.43. The summed E-state index contributed by atoms with van der Waals surface area (Å²) in [4.78, 5) is 5.07. The van der Waals surface area contributed by atoms with Gasteiger partial charge in [0.25, 0.3) is 0 Å². The number of oxime groups is 1. The van der Waals surface area contributed by atoms with Gasteiger partial charge in [-0.1, -0.05) is 5.16 Å². The van der Waals surface area contributed by atoms with Crippen molar-refractivity contribution in [3.8, 4) is 0 Å². The lowest BCUT2D eigenvalue weighted by atomic mass is 10.0. The molecule has 0 aromatic heterocycles. The Morgan fingerprint density at radius 1 is 0.895 bits per heavy atom. The van der Waals surface area contributed by atoms with Gasteiger partial charge in [-0.25, -0.2) is 8.78 Å². The van der Waals surface area contributed by atoms with Gasteiger partial charge in [-0.2, -0.15) is 0 Å². The normalized spacial score (nSPS) is 10.1. The van der Waals surface area contributed by atoms with Crippen LogP contribution in [0.4, 0.5) is 8.78 Å². The summed E-state index contributed by atoms with van der Waals surface area (Å²) in [6.07, 6.45) is 0. The third-order valence-corrected chi connectivity index (χ3v) is 2.52. The van der Waals surface area contributed by atoms with Crippen LogP contribution in [0.1, 0.15) is 18.1 Å². The number of rotatable bonds is 4. The molecule has 0 bridgehead atoms. The summed E-state index contributed by atoms with van der Waals surface area (Å²) in [5, 5.41) is 4.01. The summed E-state index contributed by atoms with van der Waals surface area (Å²) < 4.78 is 25.9. The number of benzene rings is 2. The van der Waals surface area contributed by atoms with Crippen molar-refractivity contribution >= 4 is 5.71 Å². The van der Waals surface area contributed by atoms with Gasteiger partial charge in [-0.3, -0.25) is 0 Å². The summed E-state index contributed by atoms with van der Waals surface area (Å²) in [6.45, 7) is 2.24. The molecular weight excluding hydrogens is 248 g/mol. The molecule has 19 heavy (non-hydrogen) atoms. The van der Waals surface area contributed by atoms with Crippen molar-refractivity contribution in [2.75, 3.05) is 6.61 Å². The first-order valence-electron chi connectivity index (χ1n) is 5.92. The molecule has 4 heteroatoms. The van der Waals surface area contributed by atoms with Crippen LogP contribution >= 0.6 is 0 Å². The molecule has 0 radical (unpaired) electrons. The van der Waals surface area contributed by atoms with Crippen LogP contribution < -0.4 is 0 Å². The van der Waals surface area contributed by atoms with Gasteiger partial charge >= 0.3 is 0 Å². The molecule has 0 spiro atoms. The number of halogens is 2. The molecule has 2 nitrogen and oxygen atoms in total. The van der Waals surface area contributed by atoms with Crippen molar-refractivity contribution < 1.29 is 13.6 Å². The minimum absolute atomic E-state index is 0.321. The third-order valence-electron chi connectivity index (χ3n) is 2.52. The monoisotopic (exact) mass is 261 g/mol. The summed E-state index contributed by atoms with van der Waals surface area (Å²) in [7, 11) is 0. The van der Waals surface area contributed by atoms with Gasteiger partial charge in [0.2, 0.25) is 0 Å². The number of hydrogen-bond acceptors (Lipinski definition) is 2. The van der Waals surface area contributed by atoms with Gasteiger partial charge in [0.05, 0.1) is 0 Å². The van der Waals surface area contributed by atoms with Gasteiger partial charge in [0.1, 0.15) is 24.0 Å². The highest BCUT2D eigenvalue weighted by Crippen LogP contribution is 2.13. The molecule has 0 N–H and O–H groups in total. The van der Waals surface area contributed by atoms with Gasteiger partial charge in [-0.05, 0) is 55.5 Å². The SMILES string of the molecule is CCON=C(c1ccc(F)cc1)c1ccc(F)cc1. The zero-order chi connectivity index (χ0) is 13.7. The van der Waals surface area contributed by atoms with Gasteiger partial charge in [0, 0.05) is 11.1 Å². The van der Waals surface area contributed by atoms with Crippen LogP contribution in [0.2, 0.25) is 0 Å². The Balaban J connectivity index is 2.41. The maximum absolute atomic E-state index is 12.9. The standard InChI is InChI=1S/C15H13F2NO/c1-2-19-18-15(11-3-7-13(16)8-4-11)12-5-9-14(17)10-6-12/h3-10H,2H2,1H3. The quantitative estimate of drug-likeness (QED) is 0.606. The molecule has 0 unspecified atom stereocenters. The molecule has 0 saturated heterocycles. The lowest BCUT2D eigenvalue weighted by molar-refractivity contribution is 0.159. The highest BCUT2D eigenvalue weighted by atomic mass is 19.1. The lowest BCUT2D eigenvalue weighted by Gasteiger charge is -2.07. The van der Waals surface area contributed by atoms with E-state index in [1.54, 1.807) is 24.3 Å². The van der Waals surface area contributed by atoms with E-state index in [1.165, 1.54) is 24.3 Å². The Labute approximate surface area is 110 Å². The zero-order valence-electron chi connectivity index (χ0n) is 10.4. The van der Waals surface area contributed by atoms with Crippen molar-refractivity contribution in [3.05, 3.63) is 71.3 Å². The van der Waals surface area contributed by atoms with E-state index in [0.29, 0.717) is 23.4 Å². The fraction of sp³-hybridized carbons (Fsp3) is 0.133. The van der Waals surface area contributed by atoms with Crippen molar-refractivity contribution in [3.63, 3.8) is 0 Å². The predicted octanol–water partition coefficient (Wildman–Crippen LogP) is 3.75. The molecule has 0 atom stereocenters. The minimum Gasteiger partial charge on any atom is -0.396 e. The van der Waals surface area contributed by atoms with E-state index in [4.69, 9.17) is 4.84 Å². The molecule has 0 saturated carbocycles. The highest BCUT2D eigenvalue weighted by molar-refractivity contribution is 6.12. The van der Waals surface area contributed by atoms with Gasteiger partial charge < -0.3 is 4.84 Å². The Hall–Kier alpha value is -2.23. The zero-order valence-corrected chi connectivity index (χ0v) is 10.4. The van der Waals surface area contributed by atoms with E-state index < -0.39 is 0 Å². The average molecular weight is 261 g/mol. The van der Waals surface area contributed by atoms with Crippen molar-refractivity contribution in [2.24, 2.45) is 5.16 Å². The van der Waals surface area contributed by atoms with Crippen molar-refractivity contribution in [1.82, 2.24) is 0 Å². The van der Waals surface area contributed by atoms with E-state index in [-0.39, 0.29) is 11.6 Å². The second kappa shape index (κ2) is 6.09. The molecule has 0 aliphatic rings. The molecule has 2 aromatic carbocycles. The molecule has 0 aliphatic carbocycles. The van der Waals surface area contributed by atoms with E-state index in [9.17, 15) is 8.78 Å². The second-order valence-corrected chi connectivity index (χ2v) is 3.87. The Kier molecular flexibility index (Phi) is 4.23. The van der Waals surface area contributed by atoms with E-state index in [1.807, 2.05) is 6.92 Å². The number of hydrogen-bond donors (Lipinski definition) is 0. The smallest absolute Gasteiger partial charge is 0.123 e. The minimum atomic E-state index is -0.321. The fourth-order valence-electron chi connectivity index (χ4n) is 1.62. The summed E-state index contributed by atoms with van der Waals surface area (Å²) in [5.74, 6) is -0.641. The van der Waals surface area contributed by atoms with E-state index in [2.05, 4.69) is 5.16 Å². The second-order valence-electron chi connectivity index (χ2n) is 3.87. The van der Waals surface area contributed by atoms with Crippen molar-refractivity contribution in [2.45, 2.75) is 6.92 Å². The molecule has 2 rings (SSSR count). The van der Waals surface area contributed by atoms with Gasteiger partial charge in [0.15, 0.2) is 0 Å². The molecular formula is C15H13F2NO. The topological polar surface area (TPSA) is 21.6 Å². The Bertz CT molecular complexity index is 514. The Morgan fingerprint density at radius 3 is 1.68 bits per heavy atom. The van der Waals surface area contributed by atoms with E-state index in [0.717, 1.165) is 0 Å². The molecule has 0 aliphatic heterocycles. The largest absolute Gasteiger partial charge is 0.396 e. The molecule has 0 heterocycles. The summed E-state index contributed by atoms with van der Waals surface area (Å²) in [5.41, 5.74) is 1.96. The molecule has 98 valence electrons. The van der Waals surface area contributed by atoms with E-state index >= 15 is 0 Å². The van der Waals surface area contributed by atoms with Crippen LogP contribution in [0.5, 0.6) is 0 Å². The molecule has 0 amide bonds. The first-order valence-corrected chi connectivity index (χ1v) is 5.92. The first-order chi connectivity index (χ1) is 9.20. The molecule has 0 fully saturated rings. The van der Waals surface area contributed by atoms with Crippen LogP contribution in [-0.4, -0.2) is 12.3 Å². The van der Waals surface area contributed by atoms with Crippen LogP contribution in [-0.2, 0) is 4.84 Å². The first kappa shape index (κ1) is 13.2. The van der Waals surface area contributed by atoms with Crippen LogP contribution in [0.3, 0.4) is 0 Å². The highest BCUT2D eigenvalue weighted by Gasteiger charge is 2.08. The Morgan fingerprint density at radius 2 is 1.32 bits per heavy atom. The van der Waals surface area contributed by atoms with Crippen molar-refractivity contribution in [1.29, 1.82) is 0 Å². The maximum Gasteiger partial charge on any atom is 0.123 e. The maximum atomic E-state index is 12.9. The summed E-state index contributed by atoms with van der Waals surface area (Å²) in [6, 6.07) is 11.8. The predicted molar refractivity (Wildman–Crippen MR) is 70.1 cm³/mol.